The molecule has 3 N–H and O–H groups in total. The Balaban J connectivity index is 3.42. The summed E-state index contributed by atoms with van der Waals surface area (Å²) in [5, 5.41) is 9.63. The van der Waals surface area contributed by atoms with Gasteiger partial charge in [0.15, 0.2) is 0 Å². The zero-order chi connectivity index (χ0) is 10.1. The summed E-state index contributed by atoms with van der Waals surface area (Å²) in [5.74, 6) is 0. The Morgan fingerprint density at radius 1 is 1.23 bits per heavy atom. The monoisotopic (exact) mass is 188 g/mol. The maximum atomic E-state index is 9.63. The van der Waals surface area contributed by atoms with E-state index in [1.165, 1.54) is 0 Å². The van der Waals surface area contributed by atoms with Gasteiger partial charge in [0.25, 0.3) is 0 Å². The number of nitrogens with zero attached hydrogens (tertiary/aromatic N) is 1. The molecule has 0 fully saturated rings. The molecule has 1 atom stereocenters. The molecule has 1 unspecified atom stereocenters. The Bertz CT molecular complexity index is 105. The van der Waals surface area contributed by atoms with Gasteiger partial charge < -0.3 is 15.7 Å². The van der Waals surface area contributed by atoms with Crippen LogP contribution in [-0.2, 0) is 0 Å². The Morgan fingerprint density at radius 2 is 1.85 bits per heavy atom. The molecule has 0 rings (SSSR count). The number of unbranched alkanes of at least 4 members (excludes halogenated alkanes) is 1. The van der Waals surface area contributed by atoms with Crippen molar-refractivity contribution in [1.29, 1.82) is 0 Å². The highest BCUT2D eigenvalue weighted by Crippen LogP contribution is 2.02. The smallest absolute Gasteiger partial charge is 0.0667 e. The first-order valence-corrected chi connectivity index (χ1v) is 5.35. The summed E-state index contributed by atoms with van der Waals surface area (Å²) in [6.07, 6.45) is 2.77. The van der Waals surface area contributed by atoms with Gasteiger partial charge in [0, 0.05) is 6.54 Å². The van der Waals surface area contributed by atoms with Crippen molar-refractivity contribution in [3.8, 4) is 0 Å². The number of rotatable bonds is 8. The van der Waals surface area contributed by atoms with Crippen molar-refractivity contribution < 1.29 is 5.11 Å². The third-order valence-electron chi connectivity index (χ3n) is 2.35. The number of nitrogens with two attached hydrogens (primary N) is 1. The predicted octanol–water partition coefficient (Wildman–Crippen LogP) is 0.818. The molecule has 0 spiro atoms. The summed E-state index contributed by atoms with van der Waals surface area (Å²) in [7, 11) is 0. The summed E-state index contributed by atoms with van der Waals surface area (Å²) in [5.41, 5.74) is 5.38. The molecule has 80 valence electrons. The van der Waals surface area contributed by atoms with Gasteiger partial charge in [-0.2, -0.15) is 0 Å². The minimum Gasteiger partial charge on any atom is -0.392 e. The molecule has 0 amide bonds. The van der Waals surface area contributed by atoms with Crippen molar-refractivity contribution in [2.75, 3.05) is 26.2 Å². The van der Waals surface area contributed by atoms with Crippen LogP contribution in [0.4, 0.5) is 0 Å². The number of hydrogen-bond acceptors (Lipinski definition) is 3. The van der Waals surface area contributed by atoms with E-state index in [1.54, 1.807) is 0 Å². The standard InChI is InChI=1S/C10H24N2O/c1-3-12(4-2)9-10(13)7-5-6-8-11/h10,13H,3-9,11H2,1-2H3. The Labute approximate surface area is 81.9 Å². The number of aliphatic hydroxyl groups excluding tert-OH is 1. The van der Waals surface area contributed by atoms with E-state index in [0.29, 0.717) is 0 Å². The van der Waals surface area contributed by atoms with E-state index in [4.69, 9.17) is 5.73 Å². The van der Waals surface area contributed by atoms with Crippen LogP contribution in [0.15, 0.2) is 0 Å². The highest BCUT2D eigenvalue weighted by molar-refractivity contribution is 4.62. The molecule has 3 heteroatoms. The van der Waals surface area contributed by atoms with E-state index in [0.717, 1.165) is 45.4 Å². The Kier molecular flexibility index (Phi) is 8.40. The largest absolute Gasteiger partial charge is 0.392 e. The summed E-state index contributed by atoms with van der Waals surface area (Å²) in [6.45, 7) is 7.82. The highest BCUT2D eigenvalue weighted by atomic mass is 16.3. The molecular weight excluding hydrogens is 164 g/mol. The van der Waals surface area contributed by atoms with Crippen molar-refractivity contribution in [2.24, 2.45) is 5.73 Å². The van der Waals surface area contributed by atoms with Crippen molar-refractivity contribution in [1.82, 2.24) is 4.90 Å². The first-order valence-electron chi connectivity index (χ1n) is 5.35. The van der Waals surface area contributed by atoms with Crippen molar-refractivity contribution in [2.45, 2.75) is 39.2 Å². The van der Waals surface area contributed by atoms with Gasteiger partial charge in [-0.3, -0.25) is 0 Å². The fourth-order valence-electron chi connectivity index (χ4n) is 1.40. The second-order valence-corrected chi connectivity index (χ2v) is 3.42. The molecule has 0 radical (unpaired) electrons. The lowest BCUT2D eigenvalue weighted by Gasteiger charge is -2.21. The predicted molar refractivity (Wildman–Crippen MR) is 56.7 cm³/mol. The van der Waals surface area contributed by atoms with Gasteiger partial charge in [-0.15, -0.1) is 0 Å². The topological polar surface area (TPSA) is 49.5 Å². The van der Waals surface area contributed by atoms with E-state index in [9.17, 15) is 5.11 Å². The maximum absolute atomic E-state index is 9.63. The first-order chi connectivity index (χ1) is 6.24. The lowest BCUT2D eigenvalue weighted by molar-refractivity contribution is 0.108. The van der Waals surface area contributed by atoms with Crippen LogP contribution >= 0.6 is 0 Å². The van der Waals surface area contributed by atoms with Crippen LogP contribution < -0.4 is 5.73 Å². The van der Waals surface area contributed by atoms with Gasteiger partial charge in [-0.25, -0.2) is 0 Å². The third kappa shape index (κ3) is 6.99. The van der Waals surface area contributed by atoms with E-state index in [1.807, 2.05) is 0 Å². The van der Waals surface area contributed by atoms with E-state index in [2.05, 4.69) is 18.7 Å². The zero-order valence-electron chi connectivity index (χ0n) is 9.00. The molecule has 0 aliphatic carbocycles. The summed E-state index contributed by atoms with van der Waals surface area (Å²) >= 11 is 0. The molecule has 0 aliphatic heterocycles. The molecule has 0 aromatic rings. The molecule has 0 heterocycles. The first kappa shape index (κ1) is 12.9. The van der Waals surface area contributed by atoms with Crippen molar-refractivity contribution >= 4 is 0 Å². The van der Waals surface area contributed by atoms with Crippen LogP contribution in [0.25, 0.3) is 0 Å². The zero-order valence-corrected chi connectivity index (χ0v) is 9.00. The second-order valence-electron chi connectivity index (χ2n) is 3.42. The van der Waals surface area contributed by atoms with Crippen molar-refractivity contribution in [3.63, 3.8) is 0 Å². The average Bonchev–Trinajstić information content (AvgIpc) is 2.14. The molecule has 0 aliphatic rings. The maximum Gasteiger partial charge on any atom is 0.0667 e. The Morgan fingerprint density at radius 3 is 2.31 bits per heavy atom. The highest BCUT2D eigenvalue weighted by Gasteiger charge is 2.07. The average molecular weight is 188 g/mol. The molecule has 0 bridgehead atoms. The Hall–Kier alpha value is -0.120. The number of hydrogen-bond donors (Lipinski definition) is 2. The quantitative estimate of drug-likeness (QED) is 0.554. The van der Waals surface area contributed by atoms with Crippen LogP contribution in [-0.4, -0.2) is 42.3 Å². The molecule has 0 aromatic heterocycles. The van der Waals surface area contributed by atoms with Crippen LogP contribution in [0.3, 0.4) is 0 Å². The summed E-state index contributed by atoms with van der Waals surface area (Å²) in [4.78, 5) is 2.24. The fraction of sp³-hybridized carbons (Fsp3) is 1.00. The van der Waals surface area contributed by atoms with Gasteiger partial charge in [-0.05, 0) is 38.9 Å². The fourth-order valence-corrected chi connectivity index (χ4v) is 1.40. The SMILES string of the molecule is CCN(CC)CC(O)CCCCN. The van der Waals surface area contributed by atoms with E-state index < -0.39 is 0 Å². The van der Waals surface area contributed by atoms with Crippen LogP contribution in [0, 0.1) is 0 Å². The van der Waals surface area contributed by atoms with Gasteiger partial charge in [0.2, 0.25) is 0 Å². The molecule has 0 aromatic carbocycles. The molecular formula is C10H24N2O. The van der Waals surface area contributed by atoms with Crippen LogP contribution in [0.2, 0.25) is 0 Å². The van der Waals surface area contributed by atoms with E-state index >= 15 is 0 Å². The number of likely N-dealkylation sites (N-methyl/N-ethyl adjacent to an activating group) is 1. The van der Waals surface area contributed by atoms with Gasteiger partial charge >= 0.3 is 0 Å². The normalized spacial score (nSPS) is 13.6. The summed E-state index contributed by atoms with van der Waals surface area (Å²) < 4.78 is 0. The lowest BCUT2D eigenvalue weighted by atomic mass is 10.1. The van der Waals surface area contributed by atoms with Gasteiger partial charge in [0.1, 0.15) is 0 Å². The summed E-state index contributed by atoms with van der Waals surface area (Å²) in [6, 6.07) is 0. The van der Waals surface area contributed by atoms with Gasteiger partial charge in [-0.1, -0.05) is 13.8 Å². The van der Waals surface area contributed by atoms with Crippen LogP contribution in [0.5, 0.6) is 0 Å². The van der Waals surface area contributed by atoms with Gasteiger partial charge in [0.05, 0.1) is 6.10 Å². The van der Waals surface area contributed by atoms with Crippen LogP contribution in [0.1, 0.15) is 33.1 Å². The molecule has 0 saturated carbocycles. The minimum absolute atomic E-state index is 0.175. The number of aliphatic hydroxyl groups is 1. The minimum atomic E-state index is -0.175. The molecule has 13 heavy (non-hydrogen) atoms. The lowest BCUT2D eigenvalue weighted by Crippen LogP contribution is -2.32. The molecule has 0 saturated heterocycles. The third-order valence-corrected chi connectivity index (χ3v) is 2.35. The van der Waals surface area contributed by atoms with Crippen molar-refractivity contribution in [3.05, 3.63) is 0 Å². The molecule has 3 nitrogen and oxygen atoms in total. The van der Waals surface area contributed by atoms with E-state index in [-0.39, 0.29) is 6.10 Å². The second kappa shape index (κ2) is 8.48.